The van der Waals surface area contributed by atoms with E-state index in [1.54, 1.807) is 0 Å². The minimum Gasteiger partial charge on any atom is -0.320 e. The first-order valence-electron chi connectivity index (χ1n) is 3.81. The van der Waals surface area contributed by atoms with Crippen molar-refractivity contribution in [2.75, 3.05) is 20.1 Å². The Morgan fingerprint density at radius 1 is 1.67 bits per heavy atom. The topological polar surface area (TPSA) is 24.1 Å². The van der Waals surface area contributed by atoms with Crippen LogP contribution in [0.3, 0.4) is 0 Å². The number of hydrogen-bond donors (Lipinski definition) is 2. The summed E-state index contributed by atoms with van der Waals surface area (Å²) in [7, 11) is 2.01. The van der Waals surface area contributed by atoms with Crippen LogP contribution in [-0.2, 0) is 0 Å². The van der Waals surface area contributed by atoms with E-state index in [1.165, 1.54) is 25.8 Å². The number of hydrogen-bond acceptors (Lipinski definition) is 2. The standard InChI is InChI=1S/C7H16N2/c1-8-5-2-3-7-4-6-9-7/h7-9H,2-6H2,1H3. The van der Waals surface area contributed by atoms with Crippen LogP contribution in [0.1, 0.15) is 19.3 Å². The van der Waals surface area contributed by atoms with E-state index in [2.05, 4.69) is 10.6 Å². The third kappa shape index (κ3) is 2.33. The van der Waals surface area contributed by atoms with Gasteiger partial charge in [0.1, 0.15) is 0 Å². The third-order valence-corrected chi connectivity index (χ3v) is 1.91. The van der Waals surface area contributed by atoms with Gasteiger partial charge in [-0.25, -0.2) is 0 Å². The molecule has 1 fully saturated rings. The Bertz CT molecular complexity index is 69.3. The van der Waals surface area contributed by atoms with Crippen LogP contribution in [0.5, 0.6) is 0 Å². The van der Waals surface area contributed by atoms with Crippen LogP contribution in [0, 0.1) is 0 Å². The largest absolute Gasteiger partial charge is 0.320 e. The lowest BCUT2D eigenvalue weighted by Gasteiger charge is -2.27. The lowest BCUT2D eigenvalue weighted by atomic mass is 10.0. The van der Waals surface area contributed by atoms with E-state index in [9.17, 15) is 0 Å². The molecule has 0 radical (unpaired) electrons. The minimum absolute atomic E-state index is 0.846. The van der Waals surface area contributed by atoms with Crippen molar-refractivity contribution in [3.05, 3.63) is 0 Å². The van der Waals surface area contributed by atoms with Crippen LogP contribution in [0.15, 0.2) is 0 Å². The molecule has 0 aromatic heterocycles. The number of rotatable bonds is 4. The normalized spacial score (nSPS) is 25.7. The maximum atomic E-state index is 3.38. The molecule has 1 heterocycles. The van der Waals surface area contributed by atoms with Crippen molar-refractivity contribution in [1.82, 2.24) is 10.6 Å². The fourth-order valence-corrected chi connectivity index (χ4v) is 1.12. The van der Waals surface area contributed by atoms with Crippen LogP contribution in [-0.4, -0.2) is 26.2 Å². The second kappa shape index (κ2) is 3.85. The molecule has 0 amide bonds. The molecule has 0 aromatic rings. The zero-order valence-electron chi connectivity index (χ0n) is 6.11. The highest BCUT2D eigenvalue weighted by molar-refractivity contribution is 4.76. The molecule has 0 saturated carbocycles. The molecule has 1 aliphatic heterocycles. The summed E-state index contributed by atoms with van der Waals surface area (Å²) in [5.74, 6) is 0. The molecule has 54 valence electrons. The van der Waals surface area contributed by atoms with Crippen LogP contribution < -0.4 is 10.6 Å². The molecule has 0 aromatic carbocycles. The molecule has 2 N–H and O–H groups in total. The summed E-state index contributed by atoms with van der Waals surface area (Å²) in [4.78, 5) is 0. The maximum absolute atomic E-state index is 3.38. The van der Waals surface area contributed by atoms with E-state index in [4.69, 9.17) is 0 Å². The predicted molar refractivity (Wildman–Crippen MR) is 39.6 cm³/mol. The van der Waals surface area contributed by atoms with Gasteiger partial charge < -0.3 is 10.6 Å². The smallest absolute Gasteiger partial charge is 0.00796 e. The molecule has 1 unspecified atom stereocenters. The van der Waals surface area contributed by atoms with Gasteiger partial charge in [0.15, 0.2) is 0 Å². The molecule has 1 atom stereocenters. The van der Waals surface area contributed by atoms with Crippen LogP contribution in [0.2, 0.25) is 0 Å². The van der Waals surface area contributed by atoms with Gasteiger partial charge in [0.2, 0.25) is 0 Å². The van der Waals surface area contributed by atoms with Crippen molar-refractivity contribution in [2.24, 2.45) is 0 Å². The molecule has 1 aliphatic rings. The Balaban J connectivity index is 1.80. The lowest BCUT2D eigenvalue weighted by Crippen LogP contribution is -2.42. The first-order valence-corrected chi connectivity index (χ1v) is 3.81. The van der Waals surface area contributed by atoms with E-state index in [0.29, 0.717) is 0 Å². The van der Waals surface area contributed by atoms with Crippen molar-refractivity contribution >= 4 is 0 Å². The van der Waals surface area contributed by atoms with Gasteiger partial charge in [0, 0.05) is 6.04 Å². The van der Waals surface area contributed by atoms with Gasteiger partial charge >= 0.3 is 0 Å². The predicted octanol–water partition coefficient (Wildman–Crippen LogP) is 0.348. The fraction of sp³-hybridized carbons (Fsp3) is 1.00. The monoisotopic (exact) mass is 128 g/mol. The van der Waals surface area contributed by atoms with E-state index in [1.807, 2.05) is 7.05 Å². The Kier molecular flexibility index (Phi) is 3.01. The molecule has 2 heteroatoms. The highest BCUT2D eigenvalue weighted by atomic mass is 15.0. The Morgan fingerprint density at radius 2 is 2.44 bits per heavy atom. The Hall–Kier alpha value is -0.0800. The van der Waals surface area contributed by atoms with Gasteiger partial charge in [0.05, 0.1) is 0 Å². The van der Waals surface area contributed by atoms with Gasteiger partial charge in [-0.15, -0.1) is 0 Å². The second-order valence-electron chi connectivity index (χ2n) is 2.69. The van der Waals surface area contributed by atoms with Gasteiger partial charge in [-0.2, -0.15) is 0 Å². The molecular weight excluding hydrogens is 112 g/mol. The molecule has 0 aliphatic carbocycles. The molecule has 1 rings (SSSR count). The van der Waals surface area contributed by atoms with Gasteiger partial charge in [-0.05, 0) is 39.4 Å². The van der Waals surface area contributed by atoms with Crippen LogP contribution in [0.25, 0.3) is 0 Å². The first kappa shape index (κ1) is 7.03. The quantitative estimate of drug-likeness (QED) is 0.534. The first-order chi connectivity index (χ1) is 4.43. The van der Waals surface area contributed by atoms with Crippen molar-refractivity contribution < 1.29 is 0 Å². The molecule has 9 heavy (non-hydrogen) atoms. The Labute approximate surface area is 57.0 Å². The van der Waals surface area contributed by atoms with Gasteiger partial charge in [-0.3, -0.25) is 0 Å². The fourth-order valence-electron chi connectivity index (χ4n) is 1.12. The van der Waals surface area contributed by atoms with E-state index in [0.717, 1.165) is 12.6 Å². The zero-order valence-corrected chi connectivity index (χ0v) is 6.11. The van der Waals surface area contributed by atoms with Crippen molar-refractivity contribution in [2.45, 2.75) is 25.3 Å². The molecule has 1 saturated heterocycles. The Morgan fingerprint density at radius 3 is 2.89 bits per heavy atom. The van der Waals surface area contributed by atoms with Crippen molar-refractivity contribution in [3.63, 3.8) is 0 Å². The summed E-state index contributed by atoms with van der Waals surface area (Å²) in [5.41, 5.74) is 0. The maximum Gasteiger partial charge on any atom is 0.00796 e. The molecular formula is C7H16N2. The molecule has 2 nitrogen and oxygen atoms in total. The molecule has 0 spiro atoms. The SMILES string of the molecule is CNCCCC1CCN1. The number of nitrogens with one attached hydrogen (secondary N) is 2. The van der Waals surface area contributed by atoms with Gasteiger partial charge in [0.25, 0.3) is 0 Å². The van der Waals surface area contributed by atoms with E-state index in [-0.39, 0.29) is 0 Å². The highest BCUT2D eigenvalue weighted by Gasteiger charge is 2.14. The summed E-state index contributed by atoms with van der Waals surface area (Å²) in [6.45, 7) is 2.41. The average molecular weight is 128 g/mol. The summed E-state index contributed by atoms with van der Waals surface area (Å²) < 4.78 is 0. The lowest BCUT2D eigenvalue weighted by molar-refractivity contribution is 0.343. The molecule has 0 bridgehead atoms. The summed E-state index contributed by atoms with van der Waals surface area (Å²) in [5, 5.41) is 6.52. The summed E-state index contributed by atoms with van der Waals surface area (Å²) in [6.07, 6.45) is 4.05. The third-order valence-electron chi connectivity index (χ3n) is 1.91. The summed E-state index contributed by atoms with van der Waals surface area (Å²) in [6, 6.07) is 0.846. The zero-order chi connectivity index (χ0) is 6.53. The van der Waals surface area contributed by atoms with E-state index >= 15 is 0 Å². The van der Waals surface area contributed by atoms with Crippen LogP contribution >= 0.6 is 0 Å². The van der Waals surface area contributed by atoms with Crippen LogP contribution in [0.4, 0.5) is 0 Å². The second-order valence-corrected chi connectivity index (χ2v) is 2.69. The summed E-state index contributed by atoms with van der Waals surface area (Å²) >= 11 is 0. The minimum atomic E-state index is 0.846. The van der Waals surface area contributed by atoms with Crippen molar-refractivity contribution in [1.29, 1.82) is 0 Å². The van der Waals surface area contributed by atoms with E-state index < -0.39 is 0 Å². The highest BCUT2D eigenvalue weighted by Crippen LogP contribution is 2.07. The average Bonchev–Trinajstić information content (AvgIpc) is 1.76. The van der Waals surface area contributed by atoms with Crippen molar-refractivity contribution in [3.8, 4) is 0 Å². The van der Waals surface area contributed by atoms with Gasteiger partial charge in [-0.1, -0.05) is 0 Å².